The third-order valence-corrected chi connectivity index (χ3v) is 3.05. The lowest BCUT2D eigenvalue weighted by atomic mass is 10.3. The Labute approximate surface area is 129 Å². The van der Waals surface area contributed by atoms with Gasteiger partial charge in [0.15, 0.2) is 5.96 Å². The lowest BCUT2D eigenvalue weighted by molar-refractivity contribution is 0.151. The van der Waals surface area contributed by atoms with Crippen LogP contribution in [0.2, 0.25) is 0 Å². The zero-order valence-electron chi connectivity index (χ0n) is 13.0. The summed E-state index contributed by atoms with van der Waals surface area (Å²) in [5, 5.41) is 16.2. The van der Waals surface area contributed by atoms with Crippen LogP contribution in [-0.2, 0) is 6.54 Å². The number of rotatable bonds is 5. The highest BCUT2D eigenvalue weighted by molar-refractivity contribution is 5.79. The Morgan fingerprint density at radius 2 is 2.14 bits per heavy atom. The monoisotopic (exact) mass is 303 g/mol. The summed E-state index contributed by atoms with van der Waals surface area (Å²) in [6.45, 7) is 4.51. The van der Waals surface area contributed by atoms with E-state index in [0.717, 1.165) is 17.3 Å². The summed E-state index contributed by atoms with van der Waals surface area (Å²) in [4.78, 5) is 12.5. The topological polar surface area (TPSA) is 95.6 Å². The first-order valence-corrected chi connectivity index (χ1v) is 7.06. The summed E-state index contributed by atoms with van der Waals surface area (Å²) in [5.74, 6) is 2.62. The SMILES string of the molecule is CN=C(NCc1ccnc(C)n1)NCC(O)c1ccc(C)o1. The van der Waals surface area contributed by atoms with Gasteiger partial charge in [-0.1, -0.05) is 0 Å². The predicted molar refractivity (Wildman–Crippen MR) is 83.4 cm³/mol. The van der Waals surface area contributed by atoms with Crippen LogP contribution < -0.4 is 10.6 Å². The number of aromatic nitrogens is 2. The van der Waals surface area contributed by atoms with Crippen LogP contribution in [0.1, 0.15) is 29.1 Å². The van der Waals surface area contributed by atoms with Gasteiger partial charge < -0.3 is 20.2 Å². The molecule has 0 amide bonds. The molecule has 2 aromatic rings. The van der Waals surface area contributed by atoms with Gasteiger partial charge in [0, 0.05) is 13.2 Å². The van der Waals surface area contributed by atoms with Crippen LogP contribution in [0, 0.1) is 13.8 Å². The second-order valence-corrected chi connectivity index (χ2v) is 4.87. The van der Waals surface area contributed by atoms with E-state index in [1.807, 2.05) is 26.0 Å². The average Bonchev–Trinajstić information content (AvgIpc) is 2.94. The maximum absolute atomic E-state index is 10.0. The van der Waals surface area contributed by atoms with Gasteiger partial charge in [-0.25, -0.2) is 9.97 Å². The molecule has 0 saturated heterocycles. The van der Waals surface area contributed by atoms with E-state index in [1.165, 1.54) is 0 Å². The van der Waals surface area contributed by atoms with Gasteiger partial charge in [-0.2, -0.15) is 0 Å². The third kappa shape index (κ3) is 4.56. The van der Waals surface area contributed by atoms with Crippen molar-refractivity contribution in [1.29, 1.82) is 0 Å². The molecule has 2 rings (SSSR count). The van der Waals surface area contributed by atoms with Crippen LogP contribution in [0.3, 0.4) is 0 Å². The van der Waals surface area contributed by atoms with Crippen molar-refractivity contribution in [2.45, 2.75) is 26.5 Å². The molecule has 2 aromatic heterocycles. The maximum atomic E-state index is 10.0. The van der Waals surface area contributed by atoms with Crippen LogP contribution >= 0.6 is 0 Å². The number of guanidine groups is 1. The van der Waals surface area contributed by atoms with E-state index in [9.17, 15) is 5.11 Å². The highest BCUT2D eigenvalue weighted by Crippen LogP contribution is 2.14. The van der Waals surface area contributed by atoms with Crippen molar-refractivity contribution in [1.82, 2.24) is 20.6 Å². The van der Waals surface area contributed by atoms with Gasteiger partial charge >= 0.3 is 0 Å². The number of aryl methyl sites for hydroxylation is 2. The first-order chi connectivity index (χ1) is 10.6. The van der Waals surface area contributed by atoms with E-state index in [2.05, 4.69) is 25.6 Å². The molecule has 0 spiro atoms. The molecule has 0 aliphatic carbocycles. The molecule has 0 aliphatic rings. The lowest BCUT2D eigenvalue weighted by Crippen LogP contribution is -2.39. The molecular weight excluding hydrogens is 282 g/mol. The zero-order chi connectivity index (χ0) is 15.9. The number of furan rings is 1. The average molecular weight is 303 g/mol. The fourth-order valence-electron chi connectivity index (χ4n) is 1.92. The van der Waals surface area contributed by atoms with Crippen LogP contribution in [0.15, 0.2) is 33.8 Å². The molecule has 22 heavy (non-hydrogen) atoms. The number of hydrogen-bond donors (Lipinski definition) is 3. The zero-order valence-corrected chi connectivity index (χ0v) is 13.0. The minimum Gasteiger partial charge on any atom is -0.464 e. The third-order valence-electron chi connectivity index (χ3n) is 3.05. The minimum atomic E-state index is -0.728. The van der Waals surface area contributed by atoms with Crippen molar-refractivity contribution in [3.8, 4) is 0 Å². The molecule has 0 fully saturated rings. The van der Waals surface area contributed by atoms with E-state index in [0.29, 0.717) is 24.8 Å². The Morgan fingerprint density at radius 3 is 2.77 bits per heavy atom. The van der Waals surface area contributed by atoms with Crippen molar-refractivity contribution in [2.24, 2.45) is 4.99 Å². The Bertz CT molecular complexity index is 638. The molecule has 0 radical (unpaired) electrons. The number of aliphatic hydroxyl groups excluding tert-OH is 1. The second kappa shape index (κ2) is 7.56. The second-order valence-electron chi connectivity index (χ2n) is 4.87. The Kier molecular flexibility index (Phi) is 5.48. The smallest absolute Gasteiger partial charge is 0.191 e. The number of nitrogens with zero attached hydrogens (tertiary/aromatic N) is 3. The van der Waals surface area contributed by atoms with Gasteiger partial charge in [0.2, 0.25) is 0 Å². The highest BCUT2D eigenvalue weighted by atomic mass is 16.4. The van der Waals surface area contributed by atoms with Crippen molar-refractivity contribution in [3.63, 3.8) is 0 Å². The van der Waals surface area contributed by atoms with Crippen molar-refractivity contribution >= 4 is 5.96 Å². The molecule has 0 aliphatic heterocycles. The standard InChI is InChI=1S/C15H21N5O2/c1-10-4-5-14(22-10)13(21)9-19-15(16-3)18-8-12-6-7-17-11(2)20-12/h4-7,13,21H,8-9H2,1-3H3,(H2,16,18,19). The number of nitrogens with one attached hydrogen (secondary N) is 2. The fraction of sp³-hybridized carbons (Fsp3) is 0.400. The first-order valence-electron chi connectivity index (χ1n) is 7.06. The normalized spacial score (nSPS) is 13.0. The predicted octanol–water partition coefficient (Wildman–Crippen LogP) is 1.09. The largest absolute Gasteiger partial charge is 0.464 e. The summed E-state index contributed by atoms with van der Waals surface area (Å²) in [7, 11) is 1.67. The lowest BCUT2D eigenvalue weighted by Gasteiger charge is -2.14. The molecule has 0 saturated carbocycles. The minimum absolute atomic E-state index is 0.301. The van der Waals surface area contributed by atoms with Crippen LogP contribution in [0.5, 0.6) is 0 Å². The van der Waals surface area contributed by atoms with Crippen LogP contribution in [0.4, 0.5) is 0 Å². The van der Waals surface area contributed by atoms with E-state index >= 15 is 0 Å². The summed E-state index contributed by atoms with van der Waals surface area (Å²) in [6, 6.07) is 5.43. The molecule has 2 heterocycles. The summed E-state index contributed by atoms with van der Waals surface area (Å²) in [6.07, 6.45) is 0.993. The summed E-state index contributed by atoms with van der Waals surface area (Å²) in [5.41, 5.74) is 0.873. The van der Waals surface area contributed by atoms with Gasteiger partial charge in [-0.05, 0) is 32.0 Å². The van der Waals surface area contributed by atoms with Gasteiger partial charge in [-0.3, -0.25) is 4.99 Å². The number of aliphatic hydroxyl groups is 1. The van der Waals surface area contributed by atoms with Crippen molar-refractivity contribution in [3.05, 3.63) is 47.4 Å². The Morgan fingerprint density at radius 1 is 1.32 bits per heavy atom. The Balaban J connectivity index is 1.82. The molecule has 1 atom stereocenters. The molecule has 0 aromatic carbocycles. The Hall–Kier alpha value is -2.41. The quantitative estimate of drug-likeness (QED) is 0.565. The molecule has 7 nitrogen and oxygen atoms in total. The number of hydrogen-bond acceptors (Lipinski definition) is 5. The highest BCUT2D eigenvalue weighted by Gasteiger charge is 2.12. The van der Waals surface area contributed by atoms with Gasteiger partial charge in [-0.15, -0.1) is 0 Å². The first kappa shape index (κ1) is 16.0. The van der Waals surface area contributed by atoms with E-state index in [4.69, 9.17) is 4.42 Å². The number of aliphatic imine (C=N–C) groups is 1. The van der Waals surface area contributed by atoms with Crippen molar-refractivity contribution < 1.29 is 9.52 Å². The fourth-order valence-corrected chi connectivity index (χ4v) is 1.92. The van der Waals surface area contributed by atoms with Crippen LogP contribution in [0.25, 0.3) is 0 Å². The molecule has 0 bridgehead atoms. The van der Waals surface area contributed by atoms with Crippen LogP contribution in [-0.4, -0.2) is 34.6 Å². The summed E-state index contributed by atoms with van der Waals surface area (Å²) >= 11 is 0. The van der Waals surface area contributed by atoms with Gasteiger partial charge in [0.05, 0.1) is 18.8 Å². The van der Waals surface area contributed by atoms with Gasteiger partial charge in [0.25, 0.3) is 0 Å². The summed E-state index contributed by atoms with van der Waals surface area (Å²) < 4.78 is 5.39. The van der Waals surface area contributed by atoms with Gasteiger partial charge in [0.1, 0.15) is 23.4 Å². The maximum Gasteiger partial charge on any atom is 0.191 e. The van der Waals surface area contributed by atoms with Crippen molar-refractivity contribution in [2.75, 3.05) is 13.6 Å². The van der Waals surface area contributed by atoms with E-state index in [1.54, 1.807) is 19.3 Å². The van der Waals surface area contributed by atoms with E-state index < -0.39 is 6.10 Å². The molecular formula is C15H21N5O2. The molecule has 118 valence electrons. The molecule has 1 unspecified atom stereocenters. The van der Waals surface area contributed by atoms with E-state index in [-0.39, 0.29) is 0 Å². The molecule has 7 heteroatoms. The molecule has 3 N–H and O–H groups in total.